The number of carbonyl (C=O) groups excluding carboxylic acids is 2. The minimum absolute atomic E-state index is 0.0148. The van der Waals surface area contributed by atoms with Gasteiger partial charge in [0.2, 0.25) is 5.91 Å². The molecule has 1 atom stereocenters. The molecule has 7 heteroatoms. The minimum Gasteiger partial charge on any atom is -0.336 e. The second kappa shape index (κ2) is 7.61. The standard InChI is InChI=1S/C18H29N5O2/c1-21(18(14-19)7-3-2-4-8-18)16(24)13-22-10-5-6-15(12-22)23-11-9-20-17(23)25/h15H,2-13H2,1H3,(H,20,25). The molecule has 25 heavy (non-hydrogen) atoms. The van der Waals surface area contributed by atoms with Crippen LogP contribution in [0, 0.1) is 11.3 Å². The lowest BCUT2D eigenvalue weighted by Gasteiger charge is -2.41. The van der Waals surface area contributed by atoms with E-state index in [1.54, 1.807) is 11.9 Å². The predicted molar refractivity (Wildman–Crippen MR) is 93.8 cm³/mol. The van der Waals surface area contributed by atoms with E-state index in [1.165, 1.54) is 0 Å². The Kier molecular flexibility index (Phi) is 5.48. The van der Waals surface area contributed by atoms with E-state index in [0.717, 1.165) is 64.6 Å². The van der Waals surface area contributed by atoms with Crippen LogP contribution in [0.2, 0.25) is 0 Å². The van der Waals surface area contributed by atoms with Gasteiger partial charge in [0.15, 0.2) is 0 Å². The van der Waals surface area contributed by atoms with Crippen LogP contribution in [0.15, 0.2) is 0 Å². The van der Waals surface area contributed by atoms with Crippen molar-refractivity contribution in [3.63, 3.8) is 0 Å². The smallest absolute Gasteiger partial charge is 0.317 e. The molecule has 1 saturated carbocycles. The summed E-state index contributed by atoms with van der Waals surface area (Å²) in [6, 6.07) is 2.62. The highest BCUT2D eigenvalue weighted by atomic mass is 16.2. The summed E-state index contributed by atoms with van der Waals surface area (Å²) in [4.78, 5) is 30.4. The van der Waals surface area contributed by atoms with Crippen LogP contribution in [0.5, 0.6) is 0 Å². The highest BCUT2D eigenvalue weighted by Crippen LogP contribution is 2.32. The SMILES string of the molecule is CN(C(=O)CN1CCCC(N2CCNC2=O)C1)C1(C#N)CCCCC1. The first-order valence-corrected chi connectivity index (χ1v) is 9.50. The Morgan fingerprint density at radius 2 is 2.08 bits per heavy atom. The molecule has 1 unspecified atom stereocenters. The molecule has 0 aromatic heterocycles. The average Bonchev–Trinajstić information content (AvgIpc) is 3.08. The van der Waals surface area contributed by atoms with Crippen molar-refractivity contribution in [1.82, 2.24) is 20.0 Å². The molecule has 0 bridgehead atoms. The van der Waals surface area contributed by atoms with Gasteiger partial charge in [-0.3, -0.25) is 9.69 Å². The lowest BCUT2D eigenvalue weighted by molar-refractivity contribution is -0.136. The van der Waals surface area contributed by atoms with Gasteiger partial charge in [-0.25, -0.2) is 4.79 Å². The van der Waals surface area contributed by atoms with Crippen LogP contribution >= 0.6 is 0 Å². The molecular weight excluding hydrogens is 318 g/mol. The van der Waals surface area contributed by atoms with Crippen molar-refractivity contribution in [3.05, 3.63) is 0 Å². The summed E-state index contributed by atoms with van der Waals surface area (Å²) in [5.74, 6) is 0.0231. The van der Waals surface area contributed by atoms with E-state index in [9.17, 15) is 14.9 Å². The molecule has 3 amide bonds. The topological polar surface area (TPSA) is 79.7 Å². The van der Waals surface area contributed by atoms with Crippen LogP contribution in [-0.4, -0.2) is 78.0 Å². The van der Waals surface area contributed by atoms with Crippen LogP contribution < -0.4 is 5.32 Å². The van der Waals surface area contributed by atoms with Crippen molar-refractivity contribution < 1.29 is 9.59 Å². The molecule has 7 nitrogen and oxygen atoms in total. The fourth-order valence-electron chi connectivity index (χ4n) is 4.46. The van der Waals surface area contributed by atoms with Gasteiger partial charge in [0.1, 0.15) is 5.54 Å². The zero-order valence-electron chi connectivity index (χ0n) is 15.2. The third-order valence-electron chi connectivity index (χ3n) is 6.08. The minimum atomic E-state index is -0.626. The quantitative estimate of drug-likeness (QED) is 0.828. The fourth-order valence-corrected chi connectivity index (χ4v) is 4.46. The average molecular weight is 347 g/mol. The first-order valence-electron chi connectivity index (χ1n) is 9.50. The van der Waals surface area contributed by atoms with Crippen LogP contribution in [0.25, 0.3) is 0 Å². The second-order valence-corrected chi connectivity index (χ2v) is 7.61. The molecule has 0 aromatic carbocycles. The van der Waals surface area contributed by atoms with Gasteiger partial charge < -0.3 is 15.1 Å². The van der Waals surface area contributed by atoms with Gasteiger partial charge in [-0.05, 0) is 32.2 Å². The molecule has 3 aliphatic rings. The molecule has 3 rings (SSSR count). The number of nitriles is 1. The Morgan fingerprint density at radius 1 is 1.32 bits per heavy atom. The molecular formula is C18H29N5O2. The van der Waals surface area contributed by atoms with E-state index < -0.39 is 5.54 Å². The maximum Gasteiger partial charge on any atom is 0.317 e. The van der Waals surface area contributed by atoms with Crippen molar-refractivity contribution in [2.75, 3.05) is 39.8 Å². The van der Waals surface area contributed by atoms with Crippen molar-refractivity contribution in [1.29, 1.82) is 5.26 Å². The molecule has 1 N–H and O–H groups in total. The number of amides is 3. The first-order chi connectivity index (χ1) is 12.1. The van der Waals surface area contributed by atoms with Gasteiger partial charge in [-0.15, -0.1) is 0 Å². The first kappa shape index (κ1) is 18.0. The molecule has 2 aliphatic heterocycles. The number of hydrogen-bond acceptors (Lipinski definition) is 4. The highest BCUT2D eigenvalue weighted by molar-refractivity contribution is 5.79. The van der Waals surface area contributed by atoms with Crippen molar-refractivity contribution in [2.24, 2.45) is 0 Å². The highest BCUT2D eigenvalue weighted by Gasteiger charge is 2.39. The van der Waals surface area contributed by atoms with Gasteiger partial charge in [-0.1, -0.05) is 19.3 Å². The zero-order chi connectivity index (χ0) is 17.9. The van der Waals surface area contributed by atoms with Crippen LogP contribution in [0.1, 0.15) is 44.9 Å². The van der Waals surface area contributed by atoms with Crippen molar-refractivity contribution in [3.8, 4) is 6.07 Å². The number of likely N-dealkylation sites (N-methyl/N-ethyl adjacent to an activating group) is 1. The third-order valence-corrected chi connectivity index (χ3v) is 6.08. The molecule has 1 aliphatic carbocycles. The Hall–Kier alpha value is -1.81. The molecule has 138 valence electrons. The zero-order valence-corrected chi connectivity index (χ0v) is 15.2. The summed E-state index contributed by atoms with van der Waals surface area (Å²) in [6.07, 6.45) is 6.73. The van der Waals surface area contributed by atoms with E-state index in [-0.39, 0.29) is 18.0 Å². The maximum absolute atomic E-state index is 12.8. The van der Waals surface area contributed by atoms with Gasteiger partial charge in [-0.2, -0.15) is 5.26 Å². The summed E-state index contributed by atoms with van der Waals surface area (Å²) in [6.45, 7) is 3.42. The number of likely N-dealkylation sites (tertiary alicyclic amines) is 1. The molecule has 0 aromatic rings. The number of nitrogens with one attached hydrogen (secondary N) is 1. The molecule has 0 spiro atoms. The van der Waals surface area contributed by atoms with E-state index in [2.05, 4.69) is 16.3 Å². The Balaban J connectivity index is 1.58. The van der Waals surface area contributed by atoms with Gasteiger partial charge in [0, 0.05) is 32.7 Å². The number of nitrogens with zero attached hydrogens (tertiary/aromatic N) is 4. The molecule has 2 saturated heterocycles. The molecule has 0 radical (unpaired) electrons. The van der Waals surface area contributed by atoms with E-state index in [1.807, 2.05) is 4.90 Å². The Labute approximate surface area is 149 Å². The van der Waals surface area contributed by atoms with E-state index in [0.29, 0.717) is 13.1 Å². The number of piperidine rings is 1. The summed E-state index contributed by atoms with van der Waals surface area (Å²) in [5, 5.41) is 12.5. The largest absolute Gasteiger partial charge is 0.336 e. The molecule has 2 heterocycles. The number of rotatable bonds is 4. The number of carbonyl (C=O) groups is 2. The fraction of sp³-hybridized carbons (Fsp3) is 0.833. The monoisotopic (exact) mass is 347 g/mol. The van der Waals surface area contributed by atoms with Crippen LogP contribution in [0.4, 0.5) is 4.79 Å². The van der Waals surface area contributed by atoms with Crippen molar-refractivity contribution in [2.45, 2.75) is 56.5 Å². The van der Waals surface area contributed by atoms with Gasteiger partial charge in [0.25, 0.3) is 0 Å². The summed E-state index contributed by atoms with van der Waals surface area (Å²) >= 11 is 0. The Bertz CT molecular complexity index is 552. The lowest BCUT2D eigenvalue weighted by atomic mass is 9.81. The lowest BCUT2D eigenvalue weighted by Crippen LogP contribution is -2.55. The third kappa shape index (κ3) is 3.74. The van der Waals surface area contributed by atoms with E-state index >= 15 is 0 Å². The predicted octanol–water partition coefficient (Wildman–Crippen LogP) is 1.16. The van der Waals surface area contributed by atoms with Crippen LogP contribution in [0.3, 0.4) is 0 Å². The van der Waals surface area contributed by atoms with Gasteiger partial charge in [0.05, 0.1) is 12.6 Å². The second-order valence-electron chi connectivity index (χ2n) is 7.61. The molecule has 3 fully saturated rings. The van der Waals surface area contributed by atoms with Crippen LogP contribution in [-0.2, 0) is 4.79 Å². The maximum atomic E-state index is 12.8. The van der Waals surface area contributed by atoms with Gasteiger partial charge >= 0.3 is 6.03 Å². The number of hydrogen-bond donors (Lipinski definition) is 1. The van der Waals surface area contributed by atoms with Crippen molar-refractivity contribution >= 4 is 11.9 Å². The summed E-state index contributed by atoms with van der Waals surface area (Å²) in [5.41, 5.74) is -0.626. The summed E-state index contributed by atoms with van der Waals surface area (Å²) in [7, 11) is 1.78. The van der Waals surface area contributed by atoms with E-state index in [4.69, 9.17) is 0 Å². The number of urea groups is 1. The summed E-state index contributed by atoms with van der Waals surface area (Å²) < 4.78 is 0. The normalized spacial score (nSPS) is 26.8. The Morgan fingerprint density at radius 3 is 2.72 bits per heavy atom.